The van der Waals surface area contributed by atoms with Gasteiger partial charge in [0.15, 0.2) is 0 Å². The maximum atomic E-state index is 12.4. The fourth-order valence-electron chi connectivity index (χ4n) is 3.23. The molecule has 1 heterocycles. The maximum Gasteiger partial charge on any atom is 0.224 e. The summed E-state index contributed by atoms with van der Waals surface area (Å²) in [6.45, 7) is 3.39. The van der Waals surface area contributed by atoms with E-state index in [0.717, 1.165) is 30.9 Å². The van der Waals surface area contributed by atoms with Gasteiger partial charge in [-0.25, -0.2) is 0 Å². The first-order chi connectivity index (χ1) is 14.2. The number of benzene rings is 2. The lowest BCUT2D eigenvalue weighted by Crippen LogP contribution is -2.45. The van der Waals surface area contributed by atoms with Gasteiger partial charge in [0.25, 0.3) is 0 Å². The van der Waals surface area contributed by atoms with Gasteiger partial charge in [-0.15, -0.1) is 0 Å². The molecule has 7 nitrogen and oxygen atoms in total. The third-order valence-corrected chi connectivity index (χ3v) is 4.85. The minimum absolute atomic E-state index is 0.0807. The summed E-state index contributed by atoms with van der Waals surface area (Å²) in [6, 6.07) is 15.3. The first-order valence-electron chi connectivity index (χ1n) is 9.79. The quantitative estimate of drug-likeness (QED) is 0.520. The van der Waals surface area contributed by atoms with Crippen molar-refractivity contribution in [3.63, 3.8) is 0 Å². The molecule has 0 saturated carbocycles. The smallest absolute Gasteiger partial charge is 0.224 e. The van der Waals surface area contributed by atoms with Crippen LogP contribution in [-0.4, -0.2) is 57.1 Å². The van der Waals surface area contributed by atoms with Crippen LogP contribution in [0.1, 0.15) is 12.8 Å². The van der Waals surface area contributed by atoms with Gasteiger partial charge in [-0.3, -0.25) is 9.59 Å². The number of anilines is 2. The Morgan fingerprint density at radius 2 is 1.86 bits per heavy atom. The van der Waals surface area contributed by atoms with Gasteiger partial charge in [0, 0.05) is 38.3 Å². The molecule has 1 aliphatic rings. The van der Waals surface area contributed by atoms with Gasteiger partial charge in [0.1, 0.15) is 11.5 Å². The van der Waals surface area contributed by atoms with E-state index in [1.165, 1.54) is 0 Å². The van der Waals surface area contributed by atoms with Crippen LogP contribution in [0.15, 0.2) is 48.5 Å². The number of piperazine rings is 1. The lowest BCUT2D eigenvalue weighted by Gasteiger charge is -2.34. The van der Waals surface area contributed by atoms with Crippen LogP contribution >= 0.6 is 0 Å². The molecule has 0 bridgehead atoms. The minimum Gasteiger partial charge on any atom is -0.495 e. The van der Waals surface area contributed by atoms with Crippen molar-refractivity contribution in [3.05, 3.63) is 48.5 Å². The zero-order valence-corrected chi connectivity index (χ0v) is 16.7. The van der Waals surface area contributed by atoms with Crippen LogP contribution in [0, 0.1) is 0 Å². The Morgan fingerprint density at radius 3 is 2.55 bits per heavy atom. The third kappa shape index (κ3) is 5.88. The number of carbonyl (C=O) groups is 2. The zero-order valence-electron chi connectivity index (χ0n) is 16.7. The summed E-state index contributed by atoms with van der Waals surface area (Å²) in [5.41, 5.74) is 1.65. The van der Waals surface area contributed by atoms with Gasteiger partial charge in [0.2, 0.25) is 12.3 Å². The van der Waals surface area contributed by atoms with Crippen molar-refractivity contribution in [3.8, 4) is 11.5 Å². The lowest BCUT2D eigenvalue weighted by molar-refractivity contribution is -0.118. The van der Waals surface area contributed by atoms with E-state index in [1.807, 2.05) is 48.5 Å². The number of carbonyl (C=O) groups excluding carboxylic acids is 2. The average molecular weight is 397 g/mol. The molecule has 1 fully saturated rings. The fraction of sp³-hybridized carbons (Fsp3) is 0.364. The molecule has 0 radical (unpaired) electrons. The normalized spacial score (nSPS) is 13.7. The first kappa shape index (κ1) is 20.5. The molecule has 2 aromatic carbocycles. The number of methoxy groups -OCH3 is 1. The van der Waals surface area contributed by atoms with Crippen LogP contribution in [0.25, 0.3) is 0 Å². The van der Waals surface area contributed by atoms with E-state index < -0.39 is 0 Å². The number of amides is 2. The van der Waals surface area contributed by atoms with Crippen LogP contribution in [-0.2, 0) is 9.59 Å². The molecule has 0 aliphatic carbocycles. The van der Waals surface area contributed by atoms with E-state index in [4.69, 9.17) is 9.47 Å². The number of rotatable bonds is 9. The zero-order chi connectivity index (χ0) is 20.5. The van der Waals surface area contributed by atoms with Crippen LogP contribution in [0.5, 0.6) is 11.5 Å². The van der Waals surface area contributed by atoms with Gasteiger partial charge < -0.3 is 24.6 Å². The van der Waals surface area contributed by atoms with Crippen molar-refractivity contribution in [2.24, 2.45) is 0 Å². The van der Waals surface area contributed by atoms with Gasteiger partial charge in [0.05, 0.1) is 19.4 Å². The minimum atomic E-state index is -0.0807. The largest absolute Gasteiger partial charge is 0.495 e. The predicted molar refractivity (Wildman–Crippen MR) is 113 cm³/mol. The molecule has 29 heavy (non-hydrogen) atoms. The summed E-state index contributed by atoms with van der Waals surface area (Å²) in [4.78, 5) is 27.2. The SMILES string of the molecule is COc1ccc(N2CCN(C=O)CC2)cc1NC(=O)CCCOc1ccccc1. The van der Waals surface area contributed by atoms with E-state index in [0.29, 0.717) is 44.0 Å². The summed E-state index contributed by atoms with van der Waals surface area (Å²) in [5.74, 6) is 1.34. The standard InChI is InChI=1S/C22H27N3O4/c1-28-21-10-9-18(25-13-11-24(17-26)12-14-25)16-20(21)23-22(27)8-5-15-29-19-6-3-2-4-7-19/h2-4,6-7,9-10,16-17H,5,8,11-15H2,1H3,(H,23,27). The molecule has 1 saturated heterocycles. The Kier molecular flexibility index (Phi) is 7.33. The molecule has 1 N–H and O–H groups in total. The van der Waals surface area contributed by atoms with E-state index in [1.54, 1.807) is 12.0 Å². The lowest BCUT2D eigenvalue weighted by atomic mass is 10.2. The van der Waals surface area contributed by atoms with Crippen LogP contribution in [0.2, 0.25) is 0 Å². The van der Waals surface area contributed by atoms with Gasteiger partial charge in [-0.2, -0.15) is 0 Å². The molecule has 154 valence electrons. The second-order valence-electron chi connectivity index (χ2n) is 6.83. The second kappa shape index (κ2) is 10.4. The fourth-order valence-corrected chi connectivity index (χ4v) is 3.23. The van der Waals surface area contributed by atoms with Gasteiger partial charge in [-0.05, 0) is 36.8 Å². The van der Waals surface area contributed by atoms with Gasteiger partial charge in [-0.1, -0.05) is 18.2 Å². The molecular weight excluding hydrogens is 370 g/mol. The van der Waals surface area contributed by atoms with Crippen LogP contribution in [0.4, 0.5) is 11.4 Å². The van der Waals surface area contributed by atoms with Gasteiger partial charge >= 0.3 is 0 Å². The Labute approximate surface area is 171 Å². The van der Waals surface area contributed by atoms with Crippen molar-refractivity contribution >= 4 is 23.7 Å². The first-order valence-corrected chi connectivity index (χ1v) is 9.79. The molecule has 1 aliphatic heterocycles. The maximum absolute atomic E-state index is 12.4. The molecule has 0 aromatic heterocycles. The number of nitrogens with zero attached hydrogens (tertiary/aromatic N) is 2. The highest BCUT2D eigenvalue weighted by molar-refractivity contribution is 5.93. The summed E-state index contributed by atoms with van der Waals surface area (Å²) in [6.07, 6.45) is 1.87. The summed E-state index contributed by atoms with van der Waals surface area (Å²) < 4.78 is 11.0. The molecule has 2 amide bonds. The highest BCUT2D eigenvalue weighted by Gasteiger charge is 2.17. The number of para-hydroxylation sites is 1. The molecular formula is C22H27N3O4. The van der Waals surface area contributed by atoms with Crippen molar-refractivity contribution in [2.45, 2.75) is 12.8 Å². The third-order valence-electron chi connectivity index (χ3n) is 4.85. The molecule has 7 heteroatoms. The van der Waals surface area contributed by atoms with E-state index in [-0.39, 0.29) is 5.91 Å². The van der Waals surface area contributed by atoms with Crippen LogP contribution < -0.4 is 19.7 Å². The molecule has 0 atom stereocenters. The van der Waals surface area contributed by atoms with E-state index in [9.17, 15) is 9.59 Å². The molecule has 0 unspecified atom stereocenters. The molecule has 0 spiro atoms. The van der Waals surface area contributed by atoms with Crippen LogP contribution in [0.3, 0.4) is 0 Å². The van der Waals surface area contributed by atoms with Crippen molar-refractivity contribution < 1.29 is 19.1 Å². The predicted octanol–water partition coefficient (Wildman–Crippen LogP) is 2.77. The van der Waals surface area contributed by atoms with E-state index >= 15 is 0 Å². The summed E-state index contributed by atoms with van der Waals surface area (Å²) in [7, 11) is 1.58. The summed E-state index contributed by atoms with van der Waals surface area (Å²) >= 11 is 0. The Hall–Kier alpha value is -3.22. The number of hydrogen-bond acceptors (Lipinski definition) is 5. The highest BCUT2D eigenvalue weighted by Crippen LogP contribution is 2.30. The van der Waals surface area contributed by atoms with Crippen molar-refractivity contribution in [1.82, 2.24) is 4.90 Å². The Balaban J connectivity index is 1.53. The average Bonchev–Trinajstić information content (AvgIpc) is 2.77. The Morgan fingerprint density at radius 1 is 1.10 bits per heavy atom. The number of ether oxygens (including phenoxy) is 2. The topological polar surface area (TPSA) is 71.1 Å². The number of hydrogen-bond donors (Lipinski definition) is 1. The highest BCUT2D eigenvalue weighted by atomic mass is 16.5. The molecule has 3 rings (SSSR count). The van der Waals surface area contributed by atoms with Crippen molar-refractivity contribution in [1.29, 1.82) is 0 Å². The van der Waals surface area contributed by atoms with E-state index in [2.05, 4.69) is 10.2 Å². The summed E-state index contributed by atoms with van der Waals surface area (Å²) in [5, 5.41) is 2.95. The Bertz CT molecular complexity index is 805. The number of nitrogens with one attached hydrogen (secondary N) is 1. The second-order valence-corrected chi connectivity index (χ2v) is 6.83. The molecule has 2 aromatic rings. The monoisotopic (exact) mass is 397 g/mol. The van der Waals surface area contributed by atoms with Crippen molar-refractivity contribution in [2.75, 3.05) is 50.1 Å².